The van der Waals surface area contributed by atoms with E-state index in [2.05, 4.69) is 40.7 Å². The van der Waals surface area contributed by atoms with Gasteiger partial charge in [0, 0.05) is 5.41 Å². The summed E-state index contributed by atoms with van der Waals surface area (Å²) in [6.45, 7) is 12.4. The summed E-state index contributed by atoms with van der Waals surface area (Å²) in [7, 11) is 0. The van der Waals surface area contributed by atoms with Gasteiger partial charge in [0.25, 0.3) is 0 Å². The Morgan fingerprint density at radius 3 is 1.91 bits per heavy atom. The molecule has 0 aromatic heterocycles. The first kappa shape index (κ1) is 42.8. The molecule has 56 heavy (non-hydrogen) atoms. The van der Waals surface area contributed by atoms with Gasteiger partial charge in [-0.1, -0.05) is 53.2 Å². The Hall–Kier alpha value is -1.27. The molecule has 19 unspecified atom stereocenters. The summed E-state index contributed by atoms with van der Waals surface area (Å²) >= 11 is 0. The molecular formula is C42H68O14. The molecule has 19 atom stereocenters. The molecule has 2 aliphatic heterocycles. The minimum Gasteiger partial charge on any atom is -0.432 e. The highest BCUT2D eigenvalue weighted by Crippen LogP contribution is 2.76. The number of aliphatic hydroxyl groups excluding tert-OH is 9. The molecule has 7 aliphatic rings. The maximum atomic E-state index is 14.6. The van der Waals surface area contributed by atoms with Crippen LogP contribution in [0.25, 0.3) is 0 Å². The Bertz CT molecular complexity index is 1500. The van der Waals surface area contributed by atoms with Crippen LogP contribution in [-0.2, 0) is 23.7 Å². The van der Waals surface area contributed by atoms with Crippen LogP contribution in [0.15, 0.2) is 11.6 Å². The molecule has 7 rings (SSSR count). The molecule has 0 radical (unpaired) electrons. The Morgan fingerprint density at radius 2 is 1.30 bits per heavy atom. The van der Waals surface area contributed by atoms with Gasteiger partial charge in [0.1, 0.15) is 48.8 Å². The highest BCUT2D eigenvalue weighted by Gasteiger charge is 2.70. The summed E-state index contributed by atoms with van der Waals surface area (Å²) in [5.41, 5.74) is -0.964. The van der Waals surface area contributed by atoms with Gasteiger partial charge in [-0.15, -0.1) is 0 Å². The van der Waals surface area contributed by atoms with E-state index in [1.165, 1.54) is 5.57 Å². The van der Waals surface area contributed by atoms with Crippen LogP contribution in [0.3, 0.4) is 0 Å². The quantitative estimate of drug-likeness (QED) is 0.100. The molecule has 0 aromatic carbocycles. The monoisotopic (exact) mass is 796 g/mol. The minimum atomic E-state index is -1.67. The second kappa shape index (κ2) is 14.7. The third-order valence-corrected chi connectivity index (χ3v) is 17.3. The number of carbonyl (C=O) groups excluding carboxylic acids is 1. The van der Waals surface area contributed by atoms with Gasteiger partial charge in [-0.3, -0.25) is 4.79 Å². The number of ether oxygens (including phenoxy) is 4. The predicted octanol–water partition coefficient (Wildman–Crippen LogP) is 1.29. The molecule has 0 bridgehead atoms. The molecule has 2 heterocycles. The number of hydrogen-bond donors (Lipinski definition) is 9. The molecule has 14 heteroatoms. The lowest BCUT2D eigenvalue weighted by atomic mass is 9.33. The second-order valence-electron chi connectivity index (χ2n) is 20.5. The van der Waals surface area contributed by atoms with Crippen LogP contribution in [0.4, 0.5) is 0 Å². The van der Waals surface area contributed by atoms with Gasteiger partial charge >= 0.3 is 5.97 Å². The number of aliphatic hydroxyl groups is 9. The van der Waals surface area contributed by atoms with Crippen LogP contribution < -0.4 is 0 Å². The van der Waals surface area contributed by atoms with E-state index < -0.39 is 97.5 Å². The van der Waals surface area contributed by atoms with Gasteiger partial charge in [-0.25, -0.2) is 0 Å². The minimum absolute atomic E-state index is 0.0413. The van der Waals surface area contributed by atoms with Gasteiger partial charge in [-0.05, 0) is 104 Å². The van der Waals surface area contributed by atoms with Crippen molar-refractivity contribution in [2.24, 2.45) is 50.2 Å². The summed E-state index contributed by atoms with van der Waals surface area (Å²) < 4.78 is 23.8. The van der Waals surface area contributed by atoms with Crippen LogP contribution in [0.2, 0.25) is 0 Å². The van der Waals surface area contributed by atoms with Crippen molar-refractivity contribution in [1.82, 2.24) is 0 Å². The Balaban J connectivity index is 1.17. The standard InChI is InChI=1S/C42H68O14/c1-37(2)13-15-42(36(52)56-35-33(51)31(49)29(47)24(19-44)54-35)16-14-40(5)21(22(42)17-37)7-8-26-38(3)11-10-27(39(4,20-45)25(38)9-12-41(26,40)6)55-34-32(50)30(48)28(46)23(18-43)53-34/h7,22-35,43-51H,8-20H2,1-6H3. The molecule has 0 amide bonds. The molecule has 5 aliphatic carbocycles. The average molecular weight is 797 g/mol. The van der Waals surface area contributed by atoms with Crippen molar-refractivity contribution < 1.29 is 69.7 Å². The highest BCUT2D eigenvalue weighted by atomic mass is 16.7. The van der Waals surface area contributed by atoms with Crippen LogP contribution in [0.5, 0.6) is 0 Å². The molecule has 2 saturated heterocycles. The first-order valence-corrected chi connectivity index (χ1v) is 21.0. The lowest BCUT2D eigenvalue weighted by molar-refractivity contribution is -0.333. The third kappa shape index (κ3) is 6.21. The maximum Gasteiger partial charge on any atom is 0.315 e. The average Bonchev–Trinajstić information content (AvgIpc) is 3.16. The predicted molar refractivity (Wildman–Crippen MR) is 199 cm³/mol. The van der Waals surface area contributed by atoms with Crippen LogP contribution in [0, 0.1) is 50.2 Å². The van der Waals surface area contributed by atoms with E-state index >= 15 is 0 Å². The second-order valence-corrected chi connectivity index (χ2v) is 20.5. The van der Waals surface area contributed by atoms with Gasteiger partial charge in [0.05, 0.1) is 31.3 Å². The Labute approximate surface area is 330 Å². The smallest absolute Gasteiger partial charge is 0.315 e. The lowest BCUT2D eigenvalue weighted by Crippen LogP contribution is -2.67. The van der Waals surface area contributed by atoms with E-state index in [1.54, 1.807) is 0 Å². The van der Waals surface area contributed by atoms with Gasteiger partial charge < -0.3 is 64.9 Å². The van der Waals surface area contributed by atoms with Gasteiger partial charge in [0.2, 0.25) is 6.29 Å². The zero-order valence-corrected chi connectivity index (χ0v) is 33.9. The number of rotatable bonds is 7. The topological polar surface area (TPSA) is 236 Å². The third-order valence-electron chi connectivity index (χ3n) is 17.3. The summed E-state index contributed by atoms with van der Waals surface area (Å²) in [4.78, 5) is 14.6. The maximum absolute atomic E-state index is 14.6. The van der Waals surface area contributed by atoms with Crippen molar-refractivity contribution >= 4 is 5.97 Å². The zero-order valence-electron chi connectivity index (χ0n) is 33.9. The number of carbonyl (C=O) groups is 1. The van der Waals surface area contributed by atoms with Crippen molar-refractivity contribution in [3.63, 3.8) is 0 Å². The van der Waals surface area contributed by atoms with Crippen molar-refractivity contribution in [2.75, 3.05) is 19.8 Å². The highest BCUT2D eigenvalue weighted by molar-refractivity contribution is 5.79. The molecule has 9 N–H and O–H groups in total. The summed E-state index contributed by atoms with van der Waals surface area (Å²) in [5.74, 6) is -0.322. The molecular weight excluding hydrogens is 728 g/mol. The summed E-state index contributed by atoms with van der Waals surface area (Å²) in [6.07, 6.45) is -5.32. The fourth-order valence-electron chi connectivity index (χ4n) is 13.6. The normalized spacial score (nSPS) is 54.1. The van der Waals surface area contributed by atoms with Gasteiger partial charge in [-0.2, -0.15) is 0 Å². The fraction of sp³-hybridized carbons (Fsp3) is 0.929. The fourth-order valence-corrected chi connectivity index (χ4v) is 13.6. The van der Waals surface area contributed by atoms with Gasteiger partial charge in [0.15, 0.2) is 6.29 Å². The first-order valence-electron chi connectivity index (χ1n) is 21.0. The van der Waals surface area contributed by atoms with Crippen molar-refractivity contribution in [2.45, 2.75) is 173 Å². The van der Waals surface area contributed by atoms with E-state index in [1.807, 2.05) is 6.92 Å². The molecule has 14 nitrogen and oxygen atoms in total. The number of allylic oxidation sites excluding steroid dienone is 2. The number of fused-ring (bicyclic) bond motifs is 7. The van der Waals surface area contributed by atoms with E-state index in [9.17, 15) is 50.8 Å². The number of esters is 1. The largest absolute Gasteiger partial charge is 0.432 e. The van der Waals surface area contributed by atoms with Crippen molar-refractivity contribution in [3.8, 4) is 0 Å². The van der Waals surface area contributed by atoms with E-state index in [0.717, 1.165) is 44.9 Å². The van der Waals surface area contributed by atoms with Crippen LogP contribution in [0.1, 0.15) is 106 Å². The van der Waals surface area contributed by atoms with Crippen molar-refractivity contribution in [1.29, 1.82) is 0 Å². The zero-order chi connectivity index (χ0) is 41.0. The number of hydrogen-bond acceptors (Lipinski definition) is 14. The molecule has 4 saturated carbocycles. The summed E-state index contributed by atoms with van der Waals surface area (Å²) in [5, 5.41) is 93.9. The molecule has 320 valence electrons. The lowest BCUT2D eigenvalue weighted by Gasteiger charge is -2.71. The Kier molecular flexibility index (Phi) is 11.3. The van der Waals surface area contributed by atoms with Crippen molar-refractivity contribution in [3.05, 3.63) is 11.6 Å². The molecule has 0 aromatic rings. The first-order chi connectivity index (χ1) is 26.2. The SMILES string of the molecule is CC1(C)CCC2(C(=O)OC3OC(CO)C(O)C(O)C3O)CCC3(C)C(=CCC4C5(C)CCC(OC6OC(CO)C(O)C(O)C6O)C(C)(CO)C5CCC43C)C2C1. The van der Waals surface area contributed by atoms with Crippen LogP contribution in [-0.4, -0.2) is 139 Å². The Morgan fingerprint density at radius 1 is 0.714 bits per heavy atom. The molecule has 6 fully saturated rings. The van der Waals surface area contributed by atoms with Crippen LogP contribution >= 0.6 is 0 Å². The van der Waals surface area contributed by atoms with E-state index in [0.29, 0.717) is 19.3 Å². The van der Waals surface area contributed by atoms with E-state index in [-0.39, 0.29) is 46.0 Å². The van der Waals surface area contributed by atoms with E-state index in [4.69, 9.17) is 18.9 Å². The molecule has 0 spiro atoms. The summed E-state index contributed by atoms with van der Waals surface area (Å²) in [6, 6.07) is 0.